The van der Waals surface area contributed by atoms with Crippen LogP contribution in [0.2, 0.25) is 0 Å². The molecule has 0 unspecified atom stereocenters. The minimum absolute atomic E-state index is 0.394. The van der Waals surface area contributed by atoms with Crippen molar-refractivity contribution < 1.29 is 4.74 Å². The number of nitrogens with two attached hydrogens (primary N) is 1. The number of pyridine rings is 1. The van der Waals surface area contributed by atoms with Crippen LogP contribution < -0.4 is 5.73 Å². The number of methoxy groups -OCH3 is 1. The van der Waals surface area contributed by atoms with Gasteiger partial charge in [0.25, 0.3) is 0 Å². The Morgan fingerprint density at radius 2 is 1.90 bits per heavy atom. The summed E-state index contributed by atoms with van der Waals surface area (Å²) in [5.41, 5.74) is 8.34. The molecule has 0 aliphatic rings. The first-order valence-electron chi connectivity index (χ1n) is 6.36. The third kappa shape index (κ3) is 2.81. The van der Waals surface area contributed by atoms with Crippen molar-refractivity contribution in [2.75, 3.05) is 12.8 Å². The van der Waals surface area contributed by atoms with E-state index in [1.807, 2.05) is 36.4 Å². The van der Waals surface area contributed by atoms with E-state index in [1.54, 1.807) is 7.11 Å². The van der Waals surface area contributed by atoms with Crippen LogP contribution in [-0.2, 0) is 11.3 Å². The Hall–Kier alpha value is -1.80. The van der Waals surface area contributed by atoms with Crippen LogP contribution in [0, 0.1) is 3.57 Å². The number of nitrogen functional groups attached to an aromatic ring is 1. The van der Waals surface area contributed by atoms with Gasteiger partial charge < -0.3 is 10.5 Å². The van der Waals surface area contributed by atoms with Gasteiger partial charge in [0, 0.05) is 12.5 Å². The topological polar surface area (TPSA) is 73.9 Å². The highest BCUT2D eigenvalue weighted by Gasteiger charge is 2.12. The number of aromatic nitrogens is 3. The minimum Gasteiger partial charge on any atom is -0.383 e. The molecule has 2 heterocycles. The van der Waals surface area contributed by atoms with Crippen molar-refractivity contribution in [1.29, 1.82) is 0 Å². The van der Waals surface area contributed by atoms with E-state index >= 15 is 0 Å². The Labute approximate surface area is 135 Å². The van der Waals surface area contributed by atoms with E-state index in [-0.39, 0.29) is 0 Å². The fourth-order valence-electron chi connectivity index (χ4n) is 2.05. The highest BCUT2D eigenvalue weighted by molar-refractivity contribution is 14.1. The number of rotatable bonds is 3. The highest BCUT2D eigenvalue weighted by Crippen LogP contribution is 2.23. The number of ether oxygens (including phenoxy) is 1. The van der Waals surface area contributed by atoms with Crippen LogP contribution in [0.25, 0.3) is 22.4 Å². The molecule has 0 spiro atoms. The second-order valence-electron chi connectivity index (χ2n) is 4.52. The number of fused-ring (bicyclic) bond motifs is 1. The first-order valence-corrected chi connectivity index (χ1v) is 7.44. The summed E-state index contributed by atoms with van der Waals surface area (Å²) in [4.78, 5) is 13.4. The molecule has 0 fully saturated rings. The average Bonchev–Trinajstić information content (AvgIpc) is 2.51. The lowest BCUT2D eigenvalue weighted by atomic mass is 10.2. The van der Waals surface area contributed by atoms with Crippen molar-refractivity contribution in [2.24, 2.45) is 0 Å². The van der Waals surface area contributed by atoms with E-state index in [4.69, 9.17) is 10.5 Å². The first-order chi connectivity index (χ1) is 10.2. The number of para-hydroxylation sites is 1. The predicted molar refractivity (Wildman–Crippen MR) is 90.6 cm³/mol. The lowest BCUT2D eigenvalue weighted by Gasteiger charge is -2.08. The Morgan fingerprint density at radius 3 is 2.71 bits per heavy atom. The molecule has 0 saturated heterocycles. The van der Waals surface area contributed by atoms with Crippen molar-refractivity contribution in [1.82, 2.24) is 15.0 Å². The standard InChI is InChI=1S/C15H13IN4O/c1-21-8-12-13(16)14(17)20-15(19-12)11-7-6-9-4-2-3-5-10(9)18-11/h2-7H,8H2,1H3,(H2,17,19,20). The fourth-order valence-corrected chi connectivity index (χ4v) is 2.45. The molecular weight excluding hydrogens is 379 g/mol. The summed E-state index contributed by atoms with van der Waals surface area (Å²) in [6.45, 7) is 0.394. The van der Waals surface area contributed by atoms with Crippen LogP contribution in [-0.4, -0.2) is 22.1 Å². The van der Waals surface area contributed by atoms with Gasteiger partial charge >= 0.3 is 0 Å². The molecule has 0 aliphatic carbocycles. The van der Waals surface area contributed by atoms with Crippen LogP contribution in [0.4, 0.5) is 5.82 Å². The zero-order valence-electron chi connectivity index (χ0n) is 11.4. The summed E-state index contributed by atoms with van der Waals surface area (Å²) in [7, 11) is 1.63. The summed E-state index contributed by atoms with van der Waals surface area (Å²) in [6, 6.07) is 11.8. The summed E-state index contributed by atoms with van der Waals surface area (Å²) in [6.07, 6.45) is 0. The van der Waals surface area contributed by atoms with Crippen molar-refractivity contribution in [3.63, 3.8) is 0 Å². The maximum atomic E-state index is 5.96. The second-order valence-corrected chi connectivity index (χ2v) is 5.59. The third-order valence-corrected chi connectivity index (χ3v) is 4.23. The maximum absolute atomic E-state index is 5.96. The smallest absolute Gasteiger partial charge is 0.180 e. The lowest BCUT2D eigenvalue weighted by Crippen LogP contribution is -2.06. The molecule has 21 heavy (non-hydrogen) atoms. The van der Waals surface area contributed by atoms with Gasteiger partial charge in [-0.1, -0.05) is 24.3 Å². The normalized spacial score (nSPS) is 11.0. The van der Waals surface area contributed by atoms with Crippen molar-refractivity contribution >= 4 is 39.3 Å². The first kappa shape index (κ1) is 14.2. The molecule has 0 radical (unpaired) electrons. The van der Waals surface area contributed by atoms with Crippen molar-refractivity contribution in [3.8, 4) is 11.5 Å². The quantitative estimate of drug-likeness (QED) is 0.694. The summed E-state index contributed by atoms with van der Waals surface area (Å²) >= 11 is 2.13. The number of benzene rings is 1. The minimum atomic E-state index is 0.394. The van der Waals surface area contributed by atoms with Gasteiger partial charge in [-0.25, -0.2) is 15.0 Å². The van der Waals surface area contributed by atoms with Crippen LogP contribution in [0.1, 0.15) is 5.69 Å². The molecule has 6 heteroatoms. The van der Waals surface area contributed by atoms with E-state index in [0.29, 0.717) is 23.9 Å². The number of nitrogens with zero attached hydrogens (tertiary/aromatic N) is 3. The van der Waals surface area contributed by atoms with Gasteiger partial charge in [0.15, 0.2) is 5.82 Å². The van der Waals surface area contributed by atoms with Crippen LogP contribution in [0.15, 0.2) is 36.4 Å². The molecule has 0 aliphatic heterocycles. The van der Waals surface area contributed by atoms with Gasteiger partial charge in [0.2, 0.25) is 0 Å². The van der Waals surface area contributed by atoms with Crippen molar-refractivity contribution in [2.45, 2.75) is 6.61 Å². The monoisotopic (exact) mass is 392 g/mol. The molecule has 5 nitrogen and oxygen atoms in total. The van der Waals surface area contributed by atoms with Crippen LogP contribution >= 0.6 is 22.6 Å². The number of anilines is 1. The number of hydrogen-bond donors (Lipinski definition) is 1. The van der Waals surface area contributed by atoms with Gasteiger partial charge in [0.1, 0.15) is 11.5 Å². The van der Waals surface area contributed by atoms with E-state index in [0.717, 1.165) is 20.2 Å². The molecule has 0 atom stereocenters. The highest BCUT2D eigenvalue weighted by atomic mass is 127. The largest absolute Gasteiger partial charge is 0.383 e. The number of hydrogen-bond acceptors (Lipinski definition) is 5. The van der Waals surface area contributed by atoms with Gasteiger partial charge in [0.05, 0.1) is 21.4 Å². The van der Waals surface area contributed by atoms with E-state index < -0.39 is 0 Å². The summed E-state index contributed by atoms with van der Waals surface area (Å²) in [5.74, 6) is 0.966. The molecule has 106 valence electrons. The van der Waals surface area contributed by atoms with Crippen LogP contribution in [0.5, 0.6) is 0 Å². The third-order valence-electron chi connectivity index (χ3n) is 3.05. The zero-order valence-corrected chi connectivity index (χ0v) is 13.5. The molecule has 0 bridgehead atoms. The van der Waals surface area contributed by atoms with E-state index in [2.05, 4.69) is 37.5 Å². The maximum Gasteiger partial charge on any atom is 0.180 e. The average molecular weight is 392 g/mol. The molecule has 3 aromatic rings. The van der Waals surface area contributed by atoms with E-state index in [1.165, 1.54) is 0 Å². The zero-order chi connectivity index (χ0) is 14.8. The van der Waals surface area contributed by atoms with Crippen molar-refractivity contribution in [3.05, 3.63) is 45.7 Å². The summed E-state index contributed by atoms with van der Waals surface area (Å²) in [5, 5.41) is 1.08. The van der Waals surface area contributed by atoms with E-state index in [9.17, 15) is 0 Å². The van der Waals surface area contributed by atoms with Gasteiger partial charge in [-0.05, 0) is 34.7 Å². The lowest BCUT2D eigenvalue weighted by molar-refractivity contribution is 0.181. The molecule has 2 N–H and O–H groups in total. The SMILES string of the molecule is COCc1nc(-c2ccc3ccccc3n2)nc(N)c1I. The molecular formula is C15H13IN4O. The fraction of sp³-hybridized carbons (Fsp3) is 0.133. The van der Waals surface area contributed by atoms with Crippen LogP contribution in [0.3, 0.4) is 0 Å². The second kappa shape index (κ2) is 5.90. The molecule has 2 aromatic heterocycles. The van der Waals surface area contributed by atoms with Gasteiger partial charge in [-0.3, -0.25) is 0 Å². The Bertz CT molecular complexity index is 807. The summed E-state index contributed by atoms with van der Waals surface area (Å²) < 4.78 is 5.97. The molecule has 3 rings (SSSR count). The molecule has 0 saturated carbocycles. The Balaban J connectivity index is 2.13. The van der Waals surface area contributed by atoms with Gasteiger partial charge in [-0.2, -0.15) is 0 Å². The molecule has 0 amide bonds. The Morgan fingerprint density at radius 1 is 1.10 bits per heavy atom. The molecule has 1 aromatic carbocycles. The predicted octanol–water partition coefficient (Wildman–Crippen LogP) is 3.03. The Kier molecular flexibility index (Phi) is 3.98. The number of halogens is 1. The van der Waals surface area contributed by atoms with Gasteiger partial charge in [-0.15, -0.1) is 0 Å².